The van der Waals surface area contributed by atoms with Crippen LogP contribution in [0.3, 0.4) is 0 Å². The summed E-state index contributed by atoms with van der Waals surface area (Å²) in [6, 6.07) is 16.0. The van der Waals surface area contributed by atoms with Gasteiger partial charge in [0.2, 0.25) is 0 Å². The van der Waals surface area contributed by atoms with E-state index in [1.54, 1.807) is 57.2 Å². The number of ketones is 1. The maximum absolute atomic E-state index is 12.3. The molecule has 0 unspecified atom stereocenters. The van der Waals surface area contributed by atoms with Gasteiger partial charge in [-0.15, -0.1) is 0 Å². The zero-order valence-electron chi connectivity index (χ0n) is 13.5. The molecule has 120 valence electrons. The Morgan fingerprint density at radius 1 is 0.870 bits per heavy atom. The van der Waals surface area contributed by atoms with Gasteiger partial charge in [-0.05, 0) is 26.3 Å². The van der Waals surface area contributed by atoms with E-state index in [2.05, 4.69) is 0 Å². The highest BCUT2D eigenvalue weighted by Gasteiger charge is 2.16. The van der Waals surface area contributed by atoms with E-state index >= 15 is 0 Å². The molecule has 2 rings (SSSR count). The Labute approximate surface area is 136 Å². The molecule has 23 heavy (non-hydrogen) atoms. The molecular formula is C19H20O4. The van der Waals surface area contributed by atoms with Crippen LogP contribution in [0.15, 0.2) is 54.6 Å². The summed E-state index contributed by atoms with van der Waals surface area (Å²) in [5, 5.41) is 0. The molecule has 0 radical (unpaired) electrons. The highest BCUT2D eigenvalue weighted by molar-refractivity contribution is 6.08. The van der Waals surface area contributed by atoms with Crippen molar-refractivity contribution < 1.29 is 19.4 Å². The van der Waals surface area contributed by atoms with Gasteiger partial charge >= 0.3 is 5.97 Å². The van der Waals surface area contributed by atoms with Crippen molar-refractivity contribution >= 4 is 11.8 Å². The van der Waals surface area contributed by atoms with E-state index in [-0.39, 0.29) is 12.2 Å². The lowest BCUT2D eigenvalue weighted by Crippen LogP contribution is -2.22. The van der Waals surface area contributed by atoms with Crippen LogP contribution < -0.4 is 0 Å². The molecule has 0 bridgehead atoms. The first kappa shape index (κ1) is 16.9. The number of hydrogen-bond donors (Lipinski definition) is 0. The van der Waals surface area contributed by atoms with Crippen LogP contribution in [0, 0.1) is 0 Å². The summed E-state index contributed by atoms with van der Waals surface area (Å²) in [5.41, 5.74) is 1.44. The summed E-state index contributed by atoms with van der Waals surface area (Å²) >= 11 is 0. The van der Waals surface area contributed by atoms with E-state index in [4.69, 9.17) is 9.78 Å². The van der Waals surface area contributed by atoms with Gasteiger partial charge in [0, 0.05) is 11.1 Å². The van der Waals surface area contributed by atoms with Gasteiger partial charge in [0.1, 0.15) is 5.60 Å². The predicted molar refractivity (Wildman–Crippen MR) is 87.0 cm³/mol. The first-order chi connectivity index (χ1) is 10.8. The third-order valence-corrected chi connectivity index (χ3v) is 2.99. The van der Waals surface area contributed by atoms with Crippen molar-refractivity contribution in [3.05, 3.63) is 71.3 Å². The van der Waals surface area contributed by atoms with Crippen molar-refractivity contribution in [1.82, 2.24) is 0 Å². The molecule has 2 aromatic carbocycles. The fraction of sp³-hybridized carbons (Fsp3) is 0.263. The van der Waals surface area contributed by atoms with Crippen molar-refractivity contribution in [1.29, 1.82) is 0 Å². The number of carbonyl (C=O) groups is 2. The Morgan fingerprint density at radius 3 is 2.00 bits per heavy atom. The zero-order valence-corrected chi connectivity index (χ0v) is 13.5. The minimum Gasteiger partial charge on any atom is -0.297 e. The third-order valence-electron chi connectivity index (χ3n) is 2.99. The molecule has 0 heterocycles. The molecule has 0 aromatic heterocycles. The van der Waals surface area contributed by atoms with Crippen LogP contribution in [0.5, 0.6) is 0 Å². The maximum atomic E-state index is 12.3. The number of benzene rings is 2. The van der Waals surface area contributed by atoms with E-state index in [0.717, 1.165) is 5.56 Å². The van der Waals surface area contributed by atoms with Crippen LogP contribution >= 0.6 is 0 Å². The standard InChI is InChI=1S/C19H20O4/c1-19(2,3)23-22-17(20)13-14-9-11-16(12-10-14)18(21)15-7-5-4-6-8-15/h4-12H,13H2,1-3H3. The molecule has 0 aliphatic heterocycles. The van der Waals surface area contributed by atoms with Crippen LogP contribution in [0.4, 0.5) is 0 Å². The van der Waals surface area contributed by atoms with E-state index in [0.29, 0.717) is 11.1 Å². The summed E-state index contributed by atoms with van der Waals surface area (Å²) in [6.45, 7) is 5.39. The lowest BCUT2D eigenvalue weighted by atomic mass is 10.0. The molecule has 0 spiro atoms. The van der Waals surface area contributed by atoms with Gasteiger partial charge in [0.25, 0.3) is 0 Å². The van der Waals surface area contributed by atoms with Gasteiger partial charge < -0.3 is 0 Å². The topological polar surface area (TPSA) is 52.6 Å². The van der Waals surface area contributed by atoms with Crippen molar-refractivity contribution in [2.75, 3.05) is 0 Å². The summed E-state index contributed by atoms with van der Waals surface area (Å²) in [7, 11) is 0. The van der Waals surface area contributed by atoms with Crippen LogP contribution in [0.2, 0.25) is 0 Å². The minimum atomic E-state index is -0.540. The Balaban J connectivity index is 1.97. The molecule has 4 heteroatoms. The van der Waals surface area contributed by atoms with E-state index in [1.165, 1.54) is 0 Å². The molecule has 0 saturated heterocycles. The second-order valence-corrected chi connectivity index (χ2v) is 6.22. The van der Waals surface area contributed by atoms with Crippen molar-refractivity contribution in [3.8, 4) is 0 Å². The second-order valence-electron chi connectivity index (χ2n) is 6.22. The van der Waals surface area contributed by atoms with Crippen LogP contribution in [0.25, 0.3) is 0 Å². The summed E-state index contributed by atoms with van der Waals surface area (Å²) in [4.78, 5) is 33.7. The lowest BCUT2D eigenvalue weighted by Gasteiger charge is -2.16. The van der Waals surface area contributed by atoms with Gasteiger partial charge in [-0.25, -0.2) is 4.79 Å². The number of hydrogen-bond acceptors (Lipinski definition) is 4. The van der Waals surface area contributed by atoms with Crippen molar-refractivity contribution in [2.24, 2.45) is 0 Å². The summed E-state index contributed by atoms with van der Waals surface area (Å²) in [6.07, 6.45) is 0.0931. The first-order valence-corrected chi connectivity index (χ1v) is 7.42. The number of carbonyl (C=O) groups excluding carboxylic acids is 2. The van der Waals surface area contributed by atoms with Gasteiger partial charge in [0.15, 0.2) is 5.78 Å². The number of rotatable bonds is 5. The molecule has 0 aliphatic rings. The molecule has 2 aromatic rings. The monoisotopic (exact) mass is 312 g/mol. The quantitative estimate of drug-likeness (QED) is 0.479. The zero-order chi connectivity index (χ0) is 16.9. The molecule has 0 saturated carbocycles. The predicted octanol–water partition coefficient (Wildman–Crippen LogP) is 3.73. The SMILES string of the molecule is CC(C)(C)OOC(=O)Cc1ccc(C(=O)c2ccccc2)cc1. The first-order valence-electron chi connectivity index (χ1n) is 7.42. The Morgan fingerprint density at radius 2 is 1.43 bits per heavy atom. The third kappa shape index (κ3) is 5.34. The fourth-order valence-corrected chi connectivity index (χ4v) is 1.90. The molecule has 0 atom stereocenters. The molecule has 4 nitrogen and oxygen atoms in total. The lowest BCUT2D eigenvalue weighted by molar-refractivity contribution is -0.320. The smallest absolute Gasteiger partial charge is 0.297 e. The van der Waals surface area contributed by atoms with E-state index in [1.807, 2.05) is 18.2 Å². The van der Waals surface area contributed by atoms with Crippen LogP contribution in [-0.2, 0) is 21.0 Å². The molecule has 0 aliphatic carbocycles. The highest BCUT2D eigenvalue weighted by atomic mass is 17.2. The minimum absolute atomic E-state index is 0.0456. The summed E-state index contributed by atoms with van der Waals surface area (Å²) < 4.78 is 0. The van der Waals surface area contributed by atoms with Crippen molar-refractivity contribution in [2.45, 2.75) is 32.8 Å². The maximum Gasteiger partial charge on any atom is 0.346 e. The largest absolute Gasteiger partial charge is 0.346 e. The fourth-order valence-electron chi connectivity index (χ4n) is 1.90. The average Bonchev–Trinajstić information content (AvgIpc) is 2.53. The van der Waals surface area contributed by atoms with E-state index in [9.17, 15) is 9.59 Å². The van der Waals surface area contributed by atoms with Crippen LogP contribution in [0.1, 0.15) is 42.3 Å². The van der Waals surface area contributed by atoms with Gasteiger partial charge in [0.05, 0.1) is 6.42 Å². The Hall–Kier alpha value is -2.46. The normalized spacial score (nSPS) is 11.1. The van der Waals surface area contributed by atoms with Crippen molar-refractivity contribution in [3.63, 3.8) is 0 Å². The van der Waals surface area contributed by atoms with Gasteiger partial charge in [-0.1, -0.05) is 54.6 Å². The molecule has 0 amide bonds. The molecular weight excluding hydrogens is 292 g/mol. The van der Waals surface area contributed by atoms with E-state index < -0.39 is 11.6 Å². The van der Waals surface area contributed by atoms with Gasteiger partial charge in [-0.3, -0.25) is 9.68 Å². The Kier molecular flexibility index (Phi) is 5.29. The summed E-state index contributed by atoms with van der Waals surface area (Å²) in [5.74, 6) is -0.516. The second kappa shape index (κ2) is 7.20. The molecule has 0 fully saturated rings. The van der Waals surface area contributed by atoms with Gasteiger partial charge in [-0.2, -0.15) is 4.89 Å². The highest BCUT2D eigenvalue weighted by Crippen LogP contribution is 2.13. The molecule has 0 N–H and O–H groups in total. The Bertz CT molecular complexity index is 667. The average molecular weight is 312 g/mol. The van der Waals surface area contributed by atoms with Crippen LogP contribution in [-0.4, -0.2) is 17.4 Å².